The van der Waals surface area contributed by atoms with Gasteiger partial charge in [0, 0.05) is 27.9 Å². The van der Waals surface area contributed by atoms with Crippen LogP contribution in [0.1, 0.15) is 80.4 Å². The highest BCUT2D eigenvalue weighted by molar-refractivity contribution is 7.19. The van der Waals surface area contributed by atoms with Gasteiger partial charge in [-0.15, -0.1) is 11.3 Å². The van der Waals surface area contributed by atoms with Crippen LogP contribution in [-0.4, -0.2) is 17.1 Å². The number of carbonyl (C=O) groups excluding carboxylic acids is 1. The zero-order valence-corrected chi connectivity index (χ0v) is 21.1. The fourth-order valence-electron chi connectivity index (χ4n) is 5.16. The Kier molecular flexibility index (Phi) is 7.38. The minimum atomic E-state index is -0.551. The van der Waals surface area contributed by atoms with E-state index in [4.69, 9.17) is 4.74 Å². The number of nitrogens with zero attached hydrogens (tertiary/aromatic N) is 1. The number of carbonyl (C=O) groups is 1. The van der Waals surface area contributed by atoms with Crippen molar-refractivity contribution in [2.24, 2.45) is 0 Å². The second-order valence-corrected chi connectivity index (χ2v) is 10.2. The first-order chi connectivity index (χ1) is 16.0. The third kappa shape index (κ3) is 4.40. The molecule has 3 aromatic rings. The second-order valence-electron chi connectivity index (χ2n) is 9.10. The van der Waals surface area contributed by atoms with Crippen LogP contribution in [0.4, 0.5) is 0 Å². The number of hydrogen-bond acceptors (Lipinski definition) is 4. The zero-order valence-electron chi connectivity index (χ0n) is 20.3. The summed E-state index contributed by atoms with van der Waals surface area (Å²) >= 11 is 1.79. The van der Waals surface area contributed by atoms with Gasteiger partial charge in [-0.25, -0.2) is 0 Å². The molecule has 1 unspecified atom stereocenters. The SMILES string of the molecule is CCCC(C(=O)OCC)c1c(-c2ccc(C)cc2)c2c3c(sc2n(CCC)c1=O)CCCC3. The number of pyridine rings is 1. The molecule has 0 spiro atoms. The van der Waals surface area contributed by atoms with Crippen LogP contribution in [0.5, 0.6) is 0 Å². The Balaban J connectivity index is 2.15. The van der Waals surface area contributed by atoms with Crippen molar-refractivity contribution in [3.05, 3.63) is 56.2 Å². The summed E-state index contributed by atoms with van der Waals surface area (Å²) in [6, 6.07) is 8.41. The standard InChI is InChI=1S/C28H35NO3S/c1-5-10-21(28(31)32-7-3)24-23(19-15-13-18(4)14-16-19)25-20-11-8-9-12-22(20)33-27(25)29(17-6-2)26(24)30/h13-16,21H,5-12,17H2,1-4H3. The monoisotopic (exact) mass is 465 g/mol. The van der Waals surface area contributed by atoms with Crippen molar-refractivity contribution in [1.29, 1.82) is 0 Å². The summed E-state index contributed by atoms with van der Waals surface area (Å²) in [7, 11) is 0. The normalized spacial score (nSPS) is 14.3. The Morgan fingerprint density at radius 1 is 1.09 bits per heavy atom. The Morgan fingerprint density at radius 3 is 2.48 bits per heavy atom. The smallest absolute Gasteiger partial charge is 0.313 e. The molecule has 0 saturated carbocycles. The number of benzene rings is 1. The van der Waals surface area contributed by atoms with Crippen molar-refractivity contribution in [3.63, 3.8) is 0 Å². The number of aryl methyl sites for hydroxylation is 4. The molecule has 1 atom stereocenters. The van der Waals surface area contributed by atoms with Gasteiger partial charge in [-0.05, 0) is 63.5 Å². The van der Waals surface area contributed by atoms with Crippen LogP contribution in [0.15, 0.2) is 29.1 Å². The van der Waals surface area contributed by atoms with Crippen LogP contribution in [0, 0.1) is 6.92 Å². The summed E-state index contributed by atoms with van der Waals surface area (Å²) in [5.41, 5.74) is 5.17. The van der Waals surface area contributed by atoms with E-state index in [0.29, 0.717) is 25.1 Å². The number of ether oxygens (including phenoxy) is 1. The van der Waals surface area contributed by atoms with Gasteiger partial charge in [0.1, 0.15) is 4.83 Å². The molecule has 0 fully saturated rings. The second kappa shape index (κ2) is 10.3. The molecule has 1 aliphatic carbocycles. The Morgan fingerprint density at radius 2 is 1.82 bits per heavy atom. The topological polar surface area (TPSA) is 48.3 Å². The maximum Gasteiger partial charge on any atom is 0.313 e. The Labute approximate surface area is 200 Å². The third-order valence-electron chi connectivity index (χ3n) is 6.68. The van der Waals surface area contributed by atoms with Gasteiger partial charge in [0.2, 0.25) is 0 Å². The first-order valence-electron chi connectivity index (χ1n) is 12.5. The van der Waals surface area contributed by atoms with Gasteiger partial charge in [-0.3, -0.25) is 14.2 Å². The largest absolute Gasteiger partial charge is 0.466 e. The van der Waals surface area contributed by atoms with Gasteiger partial charge >= 0.3 is 5.97 Å². The maximum absolute atomic E-state index is 14.1. The van der Waals surface area contributed by atoms with Crippen LogP contribution in [0.25, 0.3) is 21.3 Å². The minimum Gasteiger partial charge on any atom is -0.466 e. The molecule has 4 nitrogen and oxygen atoms in total. The van der Waals surface area contributed by atoms with E-state index in [0.717, 1.165) is 41.6 Å². The molecule has 33 heavy (non-hydrogen) atoms. The van der Waals surface area contributed by atoms with Crippen molar-refractivity contribution in [2.45, 2.75) is 85.1 Å². The molecule has 0 aliphatic heterocycles. The van der Waals surface area contributed by atoms with E-state index in [2.05, 4.69) is 45.0 Å². The highest BCUT2D eigenvalue weighted by atomic mass is 32.1. The van der Waals surface area contributed by atoms with E-state index in [9.17, 15) is 9.59 Å². The van der Waals surface area contributed by atoms with Crippen LogP contribution in [0.3, 0.4) is 0 Å². The van der Waals surface area contributed by atoms with Crippen molar-refractivity contribution in [1.82, 2.24) is 4.57 Å². The Hall–Kier alpha value is -2.40. The molecule has 2 aromatic heterocycles. The number of aromatic nitrogens is 1. The average molecular weight is 466 g/mol. The fraction of sp³-hybridized carbons (Fsp3) is 0.500. The molecule has 4 rings (SSSR count). The molecule has 1 aliphatic rings. The number of esters is 1. The first kappa shape index (κ1) is 23.7. The van der Waals surface area contributed by atoms with Gasteiger partial charge in [0.15, 0.2) is 0 Å². The lowest BCUT2D eigenvalue weighted by molar-refractivity contribution is -0.145. The van der Waals surface area contributed by atoms with Crippen LogP contribution < -0.4 is 5.56 Å². The van der Waals surface area contributed by atoms with Gasteiger partial charge < -0.3 is 4.74 Å². The first-order valence-corrected chi connectivity index (χ1v) is 13.3. The van der Waals surface area contributed by atoms with Crippen molar-refractivity contribution in [3.8, 4) is 11.1 Å². The summed E-state index contributed by atoms with van der Waals surface area (Å²) in [6.07, 6.45) is 6.78. The van der Waals surface area contributed by atoms with Crippen molar-refractivity contribution >= 4 is 27.5 Å². The quantitative estimate of drug-likeness (QED) is 0.345. The van der Waals surface area contributed by atoms with Crippen LogP contribution >= 0.6 is 11.3 Å². The van der Waals surface area contributed by atoms with E-state index in [1.165, 1.54) is 34.2 Å². The average Bonchev–Trinajstić information content (AvgIpc) is 3.19. The predicted octanol–water partition coefficient (Wildman–Crippen LogP) is 6.77. The van der Waals surface area contributed by atoms with Gasteiger partial charge in [-0.1, -0.05) is 50.1 Å². The van der Waals surface area contributed by atoms with E-state index < -0.39 is 5.92 Å². The number of hydrogen-bond donors (Lipinski definition) is 0. The summed E-state index contributed by atoms with van der Waals surface area (Å²) in [4.78, 5) is 29.8. The summed E-state index contributed by atoms with van der Waals surface area (Å²) in [5, 5.41) is 1.20. The lowest BCUT2D eigenvalue weighted by atomic mass is 9.84. The fourth-order valence-corrected chi connectivity index (χ4v) is 6.58. The lowest BCUT2D eigenvalue weighted by Gasteiger charge is -2.22. The minimum absolute atomic E-state index is 0.0231. The summed E-state index contributed by atoms with van der Waals surface area (Å²) in [5.74, 6) is -0.832. The molecule has 176 valence electrons. The zero-order chi connectivity index (χ0) is 23.5. The van der Waals surface area contributed by atoms with Crippen LogP contribution in [-0.2, 0) is 28.9 Å². The highest BCUT2D eigenvalue weighted by Gasteiger charge is 2.32. The third-order valence-corrected chi connectivity index (χ3v) is 7.99. The van der Waals surface area contributed by atoms with E-state index >= 15 is 0 Å². The maximum atomic E-state index is 14.1. The van der Waals surface area contributed by atoms with Gasteiger partial charge in [0.25, 0.3) is 5.56 Å². The number of thiophene rings is 1. The highest BCUT2D eigenvalue weighted by Crippen LogP contribution is 2.44. The van der Waals surface area contributed by atoms with Gasteiger partial charge in [-0.2, -0.15) is 0 Å². The molecule has 2 heterocycles. The van der Waals surface area contributed by atoms with Crippen LogP contribution in [0.2, 0.25) is 0 Å². The van der Waals surface area contributed by atoms with Crippen molar-refractivity contribution in [2.75, 3.05) is 6.61 Å². The predicted molar refractivity (Wildman–Crippen MR) is 137 cm³/mol. The molecule has 5 heteroatoms. The summed E-state index contributed by atoms with van der Waals surface area (Å²) in [6.45, 7) is 9.05. The molecular formula is C28H35NO3S. The molecule has 0 saturated heterocycles. The Bertz CT molecular complexity index is 1200. The molecule has 0 radical (unpaired) electrons. The van der Waals surface area contributed by atoms with Gasteiger partial charge in [0.05, 0.1) is 12.5 Å². The molecule has 1 aromatic carbocycles. The van der Waals surface area contributed by atoms with E-state index in [1.807, 2.05) is 11.5 Å². The number of rotatable bonds is 8. The van der Waals surface area contributed by atoms with E-state index in [-0.39, 0.29) is 11.5 Å². The van der Waals surface area contributed by atoms with E-state index in [1.54, 1.807) is 11.3 Å². The van der Waals surface area contributed by atoms with Crippen molar-refractivity contribution < 1.29 is 9.53 Å². The molecule has 0 amide bonds. The molecule has 0 bridgehead atoms. The lowest BCUT2D eigenvalue weighted by Crippen LogP contribution is -2.30. The molecular weight excluding hydrogens is 430 g/mol. The number of fused-ring (bicyclic) bond motifs is 3. The molecule has 0 N–H and O–H groups in total. The summed E-state index contributed by atoms with van der Waals surface area (Å²) < 4.78 is 7.45.